The zero-order chi connectivity index (χ0) is 34.8. The largest absolute Gasteiger partial charge is 0.458 e. The van der Waals surface area contributed by atoms with Gasteiger partial charge in [-0.25, -0.2) is 0 Å². The summed E-state index contributed by atoms with van der Waals surface area (Å²) >= 11 is 0. The van der Waals surface area contributed by atoms with Crippen molar-refractivity contribution < 1.29 is 37.7 Å². The molecule has 3 N–H and O–H groups in total. The quantitative estimate of drug-likeness (QED) is 0.135. The van der Waals surface area contributed by atoms with Crippen molar-refractivity contribution in [1.29, 1.82) is 0 Å². The van der Waals surface area contributed by atoms with Crippen molar-refractivity contribution >= 4 is 22.6 Å². The lowest BCUT2D eigenvalue weighted by molar-refractivity contribution is -0.258. The van der Waals surface area contributed by atoms with Gasteiger partial charge in [-0.05, 0) is 73.4 Å². The molecule has 0 aromatic heterocycles. The van der Waals surface area contributed by atoms with Crippen LogP contribution in [-0.2, 0) is 32.6 Å². The summed E-state index contributed by atoms with van der Waals surface area (Å²) < 4.78 is 39.7. The van der Waals surface area contributed by atoms with Crippen LogP contribution in [0.4, 0.5) is 0 Å². The van der Waals surface area contributed by atoms with Crippen molar-refractivity contribution in [2.75, 3.05) is 13.2 Å². The molecule has 3 saturated heterocycles. The molecule has 46 heavy (non-hydrogen) atoms. The topological polar surface area (TPSA) is 119 Å². The van der Waals surface area contributed by atoms with Crippen molar-refractivity contribution in [2.24, 2.45) is 11.7 Å². The molecular weight excluding hydrogens is 619 g/mol. The van der Waals surface area contributed by atoms with Gasteiger partial charge in [-0.2, -0.15) is 0 Å². The minimum atomic E-state index is -2.15. The minimum Gasteiger partial charge on any atom is -0.458 e. The molecule has 3 heterocycles. The van der Waals surface area contributed by atoms with Crippen LogP contribution in [0.2, 0.25) is 36.3 Å². The molecule has 9 nitrogen and oxygen atoms in total. The number of hydrogen-bond donors (Lipinski definition) is 2. The maximum absolute atomic E-state index is 12.4. The zero-order valence-electron chi connectivity index (χ0n) is 31.0. The van der Waals surface area contributed by atoms with Gasteiger partial charge < -0.3 is 38.6 Å². The first-order chi connectivity index (χ1) is 21.1. The fourth-order valence-electron chi connectivity index (χ4n) is 6.38. The maximum atomic E-state index is 12.4. The highest BCUT2D eigenvalue weighted by molar-refractivity contribution is 6.74. The third-order valence-corrected chi connectivity index (χ3v) is 20.5. The Bertz CT molecular complexity index is 1030. The lowest BCUT2D eigenvalue weighted by atomic mass is 9.81. The fourth-order valence-corrected chi connectivity index (χ4v) is 8.80. The molecule has 3 fully saturated rings. The number of fused-ring (bicyclic) bond motifs is 1. The molecule has 0 aliphatic carbocycles. The third-order valence-electron chi connectivity index (χ3n) is 11.4. The summed E-state index contributed by atoms with van der Waals surface area (Å²) in [6.07, 6.45) is 1.58. The van der Waals surface area contributed by atoms with Crippen LogP contribution in [0.5, 0.6) is 0 Å². The highest BCUT2D eigenvalue weighted by Gasteiger charge is 2.54. The average Bonchev–Trinajstić information content (AvgIpc) is 2.91. The first-order valence-electron chi connectivity index (χ1n) is 17.6. The minimum absolute atomic E-state index is 0.0285. The van der Waals surface area contributed by atoms with Crippen molar-refractivity contribution in [1.82, 2.24) is 0 Å². The van der Waals surface area contributed by atoms with Gasteiger partial charge in [0.05, 0.1) is 42.7 Å². The van der Waals surface area contributed by atoms with Gasteiger partial charge in [-0.3, -0.25) is 4.79 Å². The molecule has 3 aliphatic heterocycles. The summed E-state index contributed by atoms with van der Waals surface area (Å²) in [5.41, 5.74) is 7.98. The molecule has 3 aliphatic rings. The highest BCUT2D eigenvalue weighted by atomic mass is 28.4. The lowest BCUT2D eigenvalue weighted by Crippen LogP contribution is -2.68. The van der Waals surface area contributed by atoms with Gasteiger partial charge in [0.1, 0.15) is 12.2 Å². The van der Waals surface area contributed by atoms with Crippen LogP contribution < -0.4 is 5.73 Å². The molecule has 10 atom stereocenters. The Balaban J connectivity index is 1.86. The summed E-state index contributed by atoms with van der Waals surface area (Å²) in [5.74, 6) is -0.131. The van der Waals surface area contributed by atoms with Crippen LogP contribution in [0.3, 0.4) is 0 Å². The van der Waals surface area contributed by atoms with E-state index in [0.717, 1.165) is 18.4 Å². The predicted molar refractivity (Wildman–Crippen MR) is 188 cm³/mol. The first kappa shape index (κ1) is 39.8. The lowest BCUT2D eigenvalue weighted by Gasteiger charge is -2.53. The van der Waals surface area contributed by atoms with Gasteiger partial charge in [0.2, 0.25) is 0 Å². The summed E-state index contributed by atoms with van der Waals surface area (Å²) in [5, 5.41) is 9.53. The van der Waals surface area contributed by atoms with E-state index in [0.29, 0.717) is 32.3 Å². The molecule has 268 valence electrons. The van der Waals surface area contributed by atoms with E-state index in [1.807, 2.05) is 0 Å². The molecular formula is C35H67NO8Si2. The van der Waals surface area contributed by atoms with Crippen molar-refractivity contribution in [3.05, 3.63) is 12.2 Å². The van der Waals surface area contributed by atoms with Crippen LogP contribution in [0, 0.1) is 5.92 Å². The monoisotopic (exact) mass is 685 g/mol. The average molecular weight is 686 g/mol. The number of nitrogens with two attached hydrogens (primary N) is 1. The molecule has 0 aromatic rings. The van der Waals surface area contributed by atoms with Crippen LogP contribution >= 0.6 is 0 Å². The summed E-state index contributed by atoms with van der Waals surface area (Å²) in [4.78, 5) is 12.4. The second-order valence-corrected chi connectivity index (χ2v) is 26.7. The normalized spacial score (nSPS) is 34.7. The number of hydrogen-bond acceptors (Lipinski definition) is 9. The Morgan fingerprint density at radius 3 is 2.17 bits per heavy atom. The van der Waals surface area contributed by atoms with Gasteiger partial charge in [-0.15, -0.1) is 0 Å². The zero-order valence-corrected chi connectivity index (χ0v) is 33.0. The number of aliphatic hydroxyl groups is 1. The van der Waals surface area contributed by atoms with Gasteiger partial charge in [0.15, 0.2) is 16.6 Å². The third kappa shape index (κ3) is 9.75. The van der Waals surface area contributed by atoms with E-state index in [9.17, 15) is 9.90 Å². The Hall–Kier alpha value is -0.636. The van der Waals surface area contributed by atoms with E-state index in [1.54, 1.807) is 0 Å². The maximum Gasteiger partial charge on any atom is 0.303 e. The molecule has 0 spiro atoms. The van der Waals surface area contributed by atoms with Crippen molar-refractivity contribution in [2.45, 2.75) is 185 Å². The summed E-state index contributed by atoms with van der Waals surface area (Å²) in [6.45, 7) is 31.2. The van der Waals surface area contributed by atoms with Crippen molar-refractivity contribution in [3.63, 3.8) is 0 Å². The van der Waals surface area contributed by atoms with E-state index in [1.165, 1.54) is 6.92 Å². The number of esters is 1. The Morgan fingerprint density at radius 2 is 1.61 bits per heavy atom. The molecule has 3 rings (SSSR count). The molecule has 11 heteroatoms. The SMILES string of the molecule is C=C1C(C[C@@H]2O[C@H]3CC(O[Si](C)(C)C(C)(C)C)C(CCO[Si](C)(C)C(C)(C)C)O[C@H]3[C@H](N)[C@H]2OC(C)=O)OC(CCCO)C[C@H]1C. The van der Waals surface area contributed by atoms with E-state index in [4.69, 9.17) is 33.5 Å². The van der Waals surface area contributed by atoms with Gasteiger partial charge in [-0.1, -0.05) is 55.0 Å². The molecule has 4 unspecified atom stereocenters. The van der Waals surface area contributed by atoms with E-state index < -0.39 is 47.0 Å². The van der Waals surface area contributed by atoms with E-state index >= 15 is 0 Å². The number of rotatable bonds is 12. The predicted octanol–water partition coefficient (Wildman–Crippen LogP) is 6.49. The van der Waals surface area contributed by atoms with Gasteiger partial charge in [0, 0.05) is 33.0 Å². The first-order valence-corrected chi connectivity index (χ1v) is 23.4. The summed E-state index contributed by atoms with van der Waals surface area (Å²) in [7, 11) is -4.10. The van der Waals surface area contributed by atoms with Gasteiger partial charge in [0.25, 0.3) is 0 Å². The molecule has 0 aromatic carbocycles. The number of aliphatic hydroxyl groups excluding tert-OH is 1. The fraction of sp³-hybridized carbons (Fsp3) is 0.914. The molecule has 0 saturated carbocycles. The molecule has 0 radical (unpaired) electrons. The van der Waals surface area contributed by atoms with Crippen molar-refractivity contribution in [3.8, 4) is 0 Å². The standard InChI is InChI=1S/C35H67NO8Si2/c1-22-19-25(15-14-17-37)41-27(23(22)2)20-29-32(40-24(3)38)31(36)33-30(42-29)21-28(44-46(12,13)35(7,8)9)26(43-33)16-18-39-45(10,11)34(4,5)6/h22,25-33,37H,2,14-21,36H2,1,3-13H3/t22-,25?,26?,27?,28?,29+,30+,31-,32+,33-/m1/s1. The number of carbonyl (C=O) groups is 1. The van der Waals surface area contributed by atoms with E-state index in [2.05, 4.69) is 81.2 Å². The van der Waals surface area contributed by atoms with E-state index in [-0.39, 0.29) is 53.1 Å². The molecule has 0 bridgehead atoms. The van der Waals surface area contributed by atoms with Crippen LogP contribution in [0.15, 0.2) is 12.2 Å². The Morgan fingerprint density at radius 1 is 0.978 bits per heavy atom. The van der Waals surface area contributed by atoms with Crippen LogP contribution in [0.1, 0.15) is 93.9 Å². The molecule has 0 amide bonds. The van der Waals surface area contributed by atoms with Gasteiger partial charge >= 0.3 is 5.97 Å². The Kier molecular flexibility index (Phi) is 13.4. The summed E-state index contributed by atoms with van der Waals surface area (Å²) in [6, 6.07) is -0.579. The second kappa shape index (κ2) is 15.5. The smallest absolute Gasteiger partial charge is 0.303 e. The van der Waals surface area contributed by atoms with Crippen LogP contribution in [-0.4, -0.2) is 95.8 Å². The highest BCUT2D eigenvalue weighted by Crippen LogP contribution is 2.43. The second-order valence-electron chi connectivity index (χ2n) is 17.1. The number of carbonyl (C=O) groups excluding carboxylic acids is 1. The Labute approximate surface area is 281 Å². The van der Waals surface area contributed by atoms with Crippen LogP contribution in [0.25, 0.3) is 0 Å². The number of ether oxygens (including phenoxy) is 4.